The summed E-state index contributed by atoms with van der Waals surface area (Å²) in [5.74, 6) is -4.08. The molecule has 2 aromatic carbocycles. The van der Waals surface area contributed by atoms with Crippen molar-refractivity contribution in [3.05, 3.63) is 93.5 Å². The van der Waals surface area contributed by atoms with Crippen LogP contribution in [0.4, 0.5) is 14.6 Å². The first-order chi connectivity index (χ1) is 16.0. The highest BCUT2D eigenvalue weighted by atomic mass is 19.3. The maximum atomic E-state index is 15.9. The van der Waals surface area contributed by atoms with E-state index in [-0.39, 0.29) is 12.2 Å². The highest BCUT2D eigenvalue weighted by molar-refractivity contribution is 5.28. The summed E-state index contributed by atoms with van der Waals surface area (Å²) in [7, 11) is 0. The van der Waals surface area contributed by atoms with Crippen molar-refractivity contribution in [2.45, 2.75) is 56.6 Å². The number of rotatable bonds is 6. The summed E-state index contributed by atoms with van der Waals surface area (Å²) in [5.41, 5.74) is 4.70. The standard InChI is InChI=1S/C25H27F2N3O4/c1-15-3-7-17(8-4-15)13-19(31)21-24(33,14-18-9-5-16(2)6-10-18)25(26,27)22(34-21)30-12-11-20(28)29-23(30)32/h3-12,19,21-22,31,33H,13-14H2,1-2H3,(H2,28,29,32)/t19?,21-,22-,24-/m1/s1. The lowest BCUT2D eigenvalue weighted by Crippen LogP contribution is -2.58. The summed E-state index contributed by atoms with van der Waals surface area (Å²) >= 11 is 0. The molecular formula is C25H27F2N3O4. The van der Waals surface area contributed by atoms with Crippen LogP contribution in [0.3, 0.4) is 0 Å². The highest BCUT2D eigenvalue weighted by Crippen LogP contribution is 2.51. The number of benzene rings is 2. The lowest BCUT2D eigenvalue weighted by atomic mass is 9.81. The molecule has 0 spiro atoms. The molecule has 1 aromatic heterocycles. The topological polar surface area (TPSA) is 111 Å². The molecule has 4 atom stereocenters. The fourth-order valence-corrected chi connectivity index (χ4v) is 4.30. The van der Waals surface area contributed by atoms with Gasteiger partial charge in [0.1, 0.15) is 11.9 Å². The lowest BCUT2D eigenvalue weighted by molar-refractivity contribution is -0.189. The number of alkyl halides is 2. The summed E-state index contributed by atoms with van der Waals surface area (Å²) in [6.07, 6.45) is -4.83. The van der Waals surface area contributed by atoms with E-state index >= 15 is 8.78 Å². The minimum absolute atomic E-state index is 0.0289. The number of aromatic nitrogens is 2. The predicted molar refractivity (Wildman–Crippen MR) is 122 cm³/mol. The number of ether oxygens (including phenoxy) is 1. The third-order valence-corrected chi connectivity index (χ3v) is 6.25. The number of nitrogens with zero attached hydrogens (tertiary/aromatic N) is 2. The van der Waals surface area contributed by atoms with Gasteiger partial charge in [-0.3, -0.25) is 4.57 Å². The summed E-state index contributed by atoms with van der Waals surface area (Å²) in [5, 5.41) is 22.5. The zero-order valence-electron chi connectivity index (χ0n) is 18.9. The number of aryl methyl sites for hydroxylation is 2. The van der Waals surface area contributed by atoms with Crippen LogP contribution in [0.5, 0.6) is 0 Å². The molecule has 0 bridgehead atoms. The van der Waals surface area contributed by atoms with Crippen molar-refractivity contribution >= 4 is 5.82 Å². The van der Waals surface area contributed by atoms with Crippen molar-refractivity contribution in [2.75, 3.05) is 5.73 Å². The number of hydrogen-bond donors (Lipinski definition) is 3. The van der Waals surface area contributed by atoms with Crippen molar-refractivity contribution in [1.29, 1.82) is 0 Å². The number of aliphatic hydroxyl groups is 2. The number of hydrogen-bond acceptors (Lipinski definition) is 6. The molecule has 3 aromatic rings. The Bertz CT molecular complexity index is 1210. The fraction of sp³-hybridized carbons (Fsp3) is 0.360. The Morgan fingerprint density at radius 2 is 1.62 bits per heavy atom. The van der Waals surface area contributed by atoms with Gasteiger partial charge in [0, 0.05) is 19.0 Å². The molecule has 1 saturated heterocycles. The van der Waals surface area contributed by atoms with E-state index in [4.69, 9.17) is 10.5 Å². The van der Waals surface area contributed by atoms with E-state index in [2.05, 4.69) is 4.98 Å². The molecule has 1 aliphatic heterocycles. The summed E-state index contributed by atoms with van der Waals surface area (Å²) in [6, 6.07) is 15.2. The van der Waals surface area contributed by atoms with Gasteiger partial charge in [-0.15, -0.1) is 0 Å². The predicted octanol–water partition coefficient (Wildman–Crippen LogP) is 2.55. The van der Waals surface area contributed by atoms with E-state index in [0.717, 1.165) is 17.3 Å². The van der Waals surface area contributed by atoms with Crippen LogP contribution in [0.25, 0.3) is 0 Å². The summed E-state index contributed by atoms with van der Waals surface area (Å²) in [6.45, 7) is 3.76. The van der Waals surface area contributed by atoms with Crippen LogP contribution >= 0.6 is 0 Å². The minimum Gasteiger partial charge on any atom is -0.390 e. The molecule has 0 aliphatic carbocycles. The lowest BCUT2D eigenvalue weighted by Gasteiger charge is -2.35. The second kappa shape index (κ2) is 8.90. The fourth-order valence-electron chi connectivity index (χ4n) is 4.30. The minimum atomic E-state index is -3.95. The number of anilines is 1. The average molecular weight is 472 g/mol. The van der Waals surface area contributed by atoms with Gasteiger partial charge in [-0.2, -0.15) is 13.8 Å². The number of nitrogens with two attached hydrogens (primary N) is 1. The van der Waals surface area contributed by atoms with Crippen LogP contribution in [0.15, 0.2) is 65.6 Å². The molecule has 0 amide bonds. The molecule has 0 saturated carbocycles. The van der Waals surface area contributed by atoms with Gasteiger partial charge in [0.15, 0.2) is 5.60 Å². The molecule has 34 heavy (non-hydrogen) atoms. The van der Waals surface area contributed by atoms with Crippen molar-refractivity contribution in [3.8, 4) is 0 Å². The van der Waals surface area contributed by atoms with E-state index < -0.39 is 42.1 Å². The van der Waals surface area contributed by atoms with Gasteiger partial charge in [0.05, 0.1) is 6.10 Å². The Balaban J connectivity index is 1.74. The molecule has 7 nitrogen and oxygen atoms in total. The van der Waals surface area contributed by atoms with Crippen LogP contribution in [-0.2, 0) is 17.6 Å². The highest BCUT2D eigenvalue weighted by Gasteiger charge is 2.71. The molecule has 1 fully saturated rings. The van der Waals surface area contributed by atoms with Crippen molar-refractivity contribution in [1.82, 2.24) is 9.55 Å². The Kier molecular flexibility index (Phi) is 6.28. The van der Waals surface area contributed by atoms with Crippen molar-refractivity contribution in [2.24, 2.45) is 0 Å². The zero-order chi connectivity index (χ0) is 24.7. The van der Waals surface area contributed by atoms with E-state index in [1.807, 2.05) is 26.0 Å². The Morgan fingerprint density at radius 3 is 2.18 bits per heavy atom. The van der Waals surface area contributed by atoms with Crippen LogP contribution in [-0.4, -0.2) is 43.5 Å². The summed E-state index contributed by atoms with van der Waals surface area (Å²) < 4.78 is 37.9. The van der Waals surface area contributed by atoms with E-state index in [9.17, 15) is 15.0 Å². The van der Waals surface area contributed by atoms with Crippen LogP contribution in [0.2, 0.25) is 0 Å². The average Bonchev–Trinajstić information content (AvgIpc) is 2.97. The van der Waals surface area contributed by atoms with E-state index in [1.54, 1.807) is 36.4 Å². The van der Waals surface area contributed by atoms with Gasteiger partial charge in [0.2, 0.25) is 6.23 Å². The normalized spacial score (nSPS) is 24.8. The van der Waals surface area contributed by atoms with Crippen LogP contribution < -0.4 is 11.4 Å². The molecule has 180 valence electrons. The molecule has 2 heterocycles. The SMILES string of the molecule is Cc1ccc(CC(O)[C@H]2O[C@@H](n3ccc(N)nc3=O)C(F)(F)[C@@]2(O)Cc2ccc(C)cc2)cc1. The third-order valence-electron chi connectivity index (χ3n) is 6.25. The first kappa shape index (κ1) is 24.0. The third kappa shape index (κ3) is 4.34. The van der Waals surface area contributed by atoms with Crippen LogP contribution in [0, 0.1) is 13.8 Å². The van der Waals surface area contributed by atoms with Gasteiger partial charge in [0.25, 0.3) is 0 Å². The molecular weight excluding hydrogens is 444 g/mol. The summed E-state index contributed by atoms with van der Waals surface area (Å²) in [4.78, 5) is 15.8. The second-order valence-corrected chi connectivity index (χ2v) is 8.92. The number of halogens is 2. The first-order valence-electron chi connectivity index (χ1n) is 10.9. The smallest absolute Gasteiger partial charge is 0.351 e. The molecule has 0 radical (unpaired) electrons. The maximum absolute atomic E-state index is 15.9. The Labute approximate surface area is 195 Å². The first-order valence-corrected chi connectivity index (χ1v) is 10.9. The molecule has 1 unspecified atom stereocenters. The van der Waals surface area contributed by atoms with Gasteiger partial charge < -0.3 is 20.7 Å². The molecule has 1 aliphatic rings. The van der Waals surface area contributed by atoms with Crippen LogP contribution in [0.1, 0.15) is 28.5 Å². The van der Waals surface area contributed by atoms with E-state index in [0.29, 0.717) is 15.7 Å². The van der Waals surface area contributed by atoms with Crippen molar-refractivity contribution in [3.63, 3.8) is 0 Å². The monoisotopic (exact) mass is 471 g/mol. The number of nitrogen functional groups attached to an aromatic ring is 1. The van der Waals surface area contributed by atoms with Crippen molar-refractivity contribution < 1.29 is 23.7 Å². The quantitative estimate of drug-likeness (QED) is 0.510. The maximum Gasteiger partial charge on any atom is 0.351 e. The van der Waals surface area contributed by atoms with Gasteiger partial charge in [-0.25, -0.2) is 4.79 Å². The zero-order valence-corrected chi connectivity index (χ0v) is 18.9. The molecule has 4 rings (SSSR count). The molecule has 9 heteroatoms. The number of aliphatic hydroxyl groups excluding tert-OH is 1. The second-order valence-electron chi connectivity index (χ2n) is 8.92. The van der Waals surface area contributed by atoms with Gasteiger partial charge >= 0.3 is 11.6 Å². The van der Waals surface area contributed by atoms with Gasteiger partial charge in [-0.05, 0) is 31.0 Å². The van der Waals surface area contributed by atoms with Gasteiger partial charge in [-0.1, -0.05) is 59.7 Å². The Hall–Kier alpha value is -3.14. The Morgan fingerprint density at radius 1 is 1.06 bits per heavy atom. The molecule has 4 N–H and O–H groups in total. The largest absolute Gasteiger partial charge is 0.390 e. The van der Waals surface area contributed by atoms with E-state index in [1.165, 1.54) is 6.07 Å².